The molecule has 0 bridgehead atoms. The van der Waals surface area contributed by atoms with Gasteiger partial charge in [-0.15, -0.1) is 11.6 Å². The molecule has 1 aromatic rings. The Kier molecular flexibility index (Phi) is 4.20. The number of nitrogens with one attached hydrogen (secondary N) is 1. The lowest BCUT2D eigenvalue weighted by Gasteiger charge is -2.35. The zero-order valence-corrected chi connectivity index (χ0v) is 10.7. The first kappa shape index (κ1) is 12.9. The van der Waals surface area contributed by atoms with E-state index in [0.717, 1.165) is 5.56 Å². The van der Waals surface area contributed by atoms with Gasteiger partial charge >= 0.3 is 0 Å². The Labute approximate surface area is 111 Å². The quantitative estimate of drug-likeness (QED) is 0.839. The van der Waals surface area contributed by atoms with Crippen LogP contribution >= 0.6 is 11.6 Å². The van der Waals surface area contributed by atoms with Crippen LogP contribution in [0.15, 0.2) is 30.3 Å². The lowest BCUT2D eigenvalue weighted by Crippen LogP contribution is -2.52. The molecular formula is C13H15ClN2O2. The molecular weight excluding hydrogens is 252 g/mol. The number of piperazine rings is 1. The number of carbonyl (C=O) groups is 2. The molecule has 0 aliphatic carbocycles. The fraction of sp³-hybridized carbons (Fsp3) is 0.385. The highest BCUT2D eigenvalue weighted by atomic mass is 35.5. The van der Waals surface area contributed by atoms with Gasteiger partial charge in [0.25, 0.3) is 0 Å². The van der Waals surface area contributed by atoms with Crippen molar-refractivity contribution < 1.29 is 9.59 Å². The van der Waals surface area contributed by atoms with Crippen molar-refractivity contribution in [2.45, 2.75) is 12.5 Å². The molecule has 96 valence electrons. The number of rotatable bonds is 3. The van der Waals surface area contributed by atoms with E-state index in [1.54, 1.807) is 4.90 Å². The van der Waals surface area contributed by atoms with Gasteiger partial charge in [-0.3, -0.25) is 9.59 Å². The normalized spacial score (nSPS) is 19.5. The van der Waals surface area contributed by atoms with Gasteiger partial charge in [0.15, 0.2) is 0 Å². The first-order chi connectivity index (χ1) is 8.74. The molecule has 2 rings (SSSR count). The maximum absolute atomic E-state index is 12.0. The minimum atomic E-state index is -0.532. The first-order valence-corrected chi connectivity index (χ1v) is 6.45. The summed E-state index contributed by atoms with van der Waals surface area (Å²) in [6.07, 6.45) is 0.262. The summed E-state index contributed by atoms with van der Waals surface area (Å²) in [5.74, 6) is 0.0717. The molecule has 1 fully saturated rings. The summed E-state index contributed by atoms with van der Waals surface area (Å²) in [6.45, 7) is 1.03. The van der Waals surface area contributed by atoms with Crippen molar-refractivity contribution in [3.8, 4) is 0 Å². The van der Waals surface area contributed by atoms with Crippen LogP contribution in [0, 0.1) is 0 Å². The summed E-state index contributed by atoms with van der Waals surface area (Å²) in [6, 6.07) is 8.79. The van der Waals surface area contributed by atoms with Crippen LogP contribution in [0.4, 0.5) is 0 Å². The monoisotopic (exact) mass is 266 g/mol. The second-order valence-electron chi connectivity index (χ2n) is 4.13. The van der Waals surface area contributed by atoms with Gasteiger partial charge in [0.2, 0.25) is 11.8 Å². The molecule has 1 heterocycles. The SMILES string of the molecule is O=C1NCCN(C(=O)CCCl)C1c1ccccc1. The smallest absolute Gasteiger partial charge is 0.247 e. The number of carbonyl (C=O) groups excluding carboxylic acids is 2. The van der Waals surface area contributed by atoms with Crippen molar-refractivity contribution in [2.75, 3.05) is 19.0 Å². The van der Waals surface area contributed by atoms with Gasteiger partial charge in [-0.25, -0.2) is 0 Å². The van der Waals surface area contributed by atoms with E-state index in [-0.39, 0.29) is 24.1 Å². The number of hydrogen-bond donors (Lipinski definition) is 1. The summed E-state index contributed by atoms with van der Waals surface area (Å²) in [7, 11) is 0. The molecule has 1 saturated heterocycles. The summed E-state index contributed by atoms with van der Waals surface area (Å²) in [4.78, 5) is 25.6. The minimum absolute atomic E-state index is 0.0753. The summed E-state index contributed by atoms with van der Waals surface area (Å²) in [5, 5.41) is 2.79. The fourth-order valence-corrected chi connectivity index (χ4v) is 2.29. The number of benzene rings is 1. The molecule has 0 radical (unpaired) electrons. The van der Waals surface area contributed by atoms with E-state index in [2.05, 4.69) is 5.32 Å². The Hall–Kier alpha value is -1.55. The maximum atomic E-state index is 12.0. The highest BCUT2D eigenvalue weighted by molar-refractivity contribution is 6.19. The third-order valence-corrected chi connectivity index (χ3v) is 3.14. The summed E-state index contributed by atoms with van der Waals surface area (Å²) >= 11 is 5.60. The number of hydrogen-bond acceptors (Lipinski definition) is 2. The molecule has 0 saturated carbocycles. The van der Waals surface area contributed by atoms with Gasteiger partial charge in [-0.1, -0.05) is 30.3 Å². The average Bonchev–Trinajstić information content (AvgIpc) is 2.39. The van der Waals surface area contributed by atoms with E-state index in [4.69, 9.17) is 11.6 Å². The molecule has 1 aliphatic rings. The molecule has 0 aromatic heterocycles. The second kappa shape index (κ2) is 5.87. The van der Waals surface area contributed by atoms with Crippen molar-refractivity contribution in [1.29, 1.82) is 0 Å². The zero-order valence-electron chi connectivity index (χ0n) is 9.93. The van der Waals surface area contributed by atoms with E-state index >= 15 is 0 Å². The van der Waals surface area contributed by atoms with Crippen molar-refractivity contribution in [3.63, 3.8) is 0 Å². The van der Waals surface area contributed by atoms with Gasteiger partial charge in [0.05, 0.1) is 0 Å². The maximum Gasteiger partial charge on any atom is 0.247 e. The largest absolute Gasteiger partial charge is 0.352 e. The second-order valence-corrected chi connectivity index (χ2v) is 4.51. The van der Waals surface area contributed by atoms with Crippen LogP contribution < -0.4 is 5.32 Å². The van der Waals surface area contributed by atoms with Crippen LogP contribution in [0.3, 0.4) is 0 Å². The first-order valence-electron chi connectivity index (χ1n) is 5.92. The topological polar surface area (TPSA) is 49.4 Å². The van der Waals surface area contributed by atoms with Crippen molar-refractivity contribution >= 4 is 23.4 Å². The Bertz CT molecular complexity index is 436. The van der Waals surface area contributed by atoms with Crippen LogP contribution in [0.5, 0.6) is 0 Å². The Morgan fingerprint density at radius 3 is 2.78 bits per heavy atom. The molecule has 1 aliphatic heterocycles. The Balaban J connectivity index is 2.26. The minimum Gasteiger partial charge on any atom is -0.352 e. The molecule has 5 heteroatoms. The third kappa shape index (κ3) is 2.64. The molecule has 1 aromatic carbocycles. The third-order valence-electron chi connectivity index (χ3n) is 2.96. The van der Waals surface area contributed by atoms with Crippen molar-refractivity contribution in [3.05, 3.63) is 35.9 Å². The van der Waals surface area contributed by atoms with Crippen LogP contribution in [-0.4, -0.2) is 35.7 Å². The zero-order chi connectivity index (χ0) is 13.0. The molecule has 1 N–H and O–H groups in total. The molecule has 1 unspecified atom stereocenters. The lowest BCUT2D eigenvalue weighted by molar-refractivity contribution is -0.143. The molecule has 18 heavy (non-hydrogen) atoms. The van der Waals surface area contributed by atoms with Gasteiger partial charge < -0.3 is 10.2 Å². The number of alkyl halides is 1. The van der Waals surface area contributed by atoms with E-state index in [9.17, 15) is 9.59 Å². The molecule has 4 nitrogen and oxygen atoms in total. The van der Waals surface area contributed by atoms with Crippen molar-refractivity contribution in [2.24, 2.45) is 0 Å². The average molecular weight is 267 g/mol. The van der Waals surface area contributed by atoms with Gasteiger partial charge in [0, 0.05) is 25.4 Å². The Morgan fingerprint density at radius 1 is 1.39 bits per heavy atom. The highest BCUT2D eigenvalue weighted by Gasteiger charge is 2.33. The number of halogens is 1. The van der Waals surface area contributed by atoms with Crippen LogP contribution in [0.2, 0.25) is 0 Å². The number of amides is 2. The molecule has 2 amide bonds. The van der Waals surface area contributed by atoms with Crippen LogP contribution in [0.1, 0.15) is 18.0 Å². The Morgan fingerprint density at radius 2 is 2.11 bits per heavy atom. The summed E-state index contributed by atoms with van der Waals surface area (Å²) < 4.78 is 0. The fourth-order valence-electron chi connectivity index (χ4n) is 2.13. The predicted octanol–water partition coefficient (Wildman–Crippen LogP) is 1.31. The van der Waals surface area contributed by atoms with E-state index < -0.39 is 6.04 Å². The lowest BCUT2D eigenvalue weighted by atomic mass is 10.0. The van der Waals surface area contributed by atoms with Crippen molar-refractivity contribution in [1.82, 2.24) is 10.2 Å². The summed E-state index contributed by atoms with van der Waals surface area (Å²) in [5.41, 5.74) is 0.831. The van der Waals surface area contributed by atoms with Gasteiger partial charge in [-0.2, -0.15) is 0 Å². The molecule has 1 atom stereocenters. The van der Waals surface area contributed by atoms with E-state index in [0.29, 0.717) is 13.1 Å². The van der Waals surface area contributed by atoms with Gasteiger partial charge in [-0.05, 0) is 5.56 Å². The predicted molar refractivity (Wildman–Crippen MR) is 69.2 cm³/mol. The van der Waals surface area contributed by atoms with Crippen LogP contribution in [0.25, 0.3) is 0 Å². The highest BCUT2D eigenvalue weighted by Crippen LogP contribution is 2.23. The van der Waals surface area contributed by atoms with E-state index in [1.165, 1.54) is 0 Å². The molecule has 0 spiro atoms. The van der Waals surface area contributed by atoms with Crippen LogP contribution in [-0.2, 0) is 9.59 Å². The van der Waals surface area contributed by atoms with Gasteiger partial charge in [0.1, 0.15) is 6.04 Å². The van der Waals surface area contributed by atoms with E-state index in [1.807, 2.05) is 30.3 Å². The number of nitrogens with zero attached hydrogens (tertiary/aromatic N) is 1. The standard InChI is InChI=1S/C13H15ClN2O2/c14-7-6-11(17)16-9-8-15-13(18)12(16)10-4-2-1-3-5-10/h1-5,12H,6-9H2,(H,15,18).